The number of benzene rings is 2. The number of halogens is 1. The molecule has 0 amide bonds. The molecule has 0 saturated carbocycles. The number of rotatable bonds is 3. The number of nitrogens with zero attached hydrogens (tertiary/aromatic N) is 3. The summed E-state index contributed by atoms with van der Waals surface area (Å²) in [5.41, 5.74) is 7.01. The zero-order valence-corrected chi connectivity index (χ0v) is 15.7. The van der Waals surface area contributed by atoms with Gasteiger partial charge in [-0.3, -0.25) is 0 Å². The Morgan fingerprint density at radius 2 is 1.65 bits per heavy atom. The molecule has 2 aromatic heterocycles. The monoisotopic (exact) mass is 362 g/mol. The molecule has 0 fully saturated rings. The minimum absolute atomic E-state index is 0.689. The largest absolute Gasteiger partial charge is 0.340 e. The van der Waals surface area contributed by atoms with Crippen LogP contribution in [0.2, 0.25) is 5.02 Å². The highest BCUT2D eigenvalue weighted by atomic mass is 35.5. The zero-order valence-electron chi connectivity index (χ0n) is 14.9. The Labute approximate surface area is 157 Å². The summed E-state index contributed by atoms with van der Waals surface area (Å²) in [7, 11) is 0. The summed E-state index contributed by atoms with van der Waals surface area (Å²) < 4.78 is 1.82. The fraction of sp³-hybridized carbons (Fsp3) is 0.143. The van der Waals surface area contributed by atoms with E-state index in [9.17, 15) is 0 Å². The van der Waals surface area contributed by atoms with E-state index in [1.165, 1.54) is 11.1 Å². The van der Waals surface area contributed by atoms with Crippen LogP contribution in [0.4, 0.5) is 11.5 Å². The van der Waals surface area contributed by atoms with Crippen LogP contribution in [-0.2, 0) is 0 Å². The van der Waals surface area contributed by atoms with Gasteiger partial charge in [0.15, 0.2) is 5.65 Å². The second kappa shape index (κ2) is 6.46. The topological polar surface area (TPSA) is 42.2 Å². The SMILES string of the molecule is Cc1cc(C)cc(Nc2cc(C)nc3c(-c4ccccc4Cl)cnn23)c1. The normalized spacial score (nSPS) is 11.1. The molecular weight excluding hydrogens is 344 g/mol. The van der Waals surface area contributed by atoms with Gasteiger partial charge in [0.1, 0.15) is 5.82 Å². The molecule has 4 aromatic rings. The summed E-state index contributed by atoms with van der Waals surface area (Å²) in [6, 6.07) is 16.1. The van der Waals surface area contributed by atoms with Crippen LogP contribution in [-0.4, -0.2) is 14.6 Å². The Morgan fingerprint density at radius 1 is 0.923 bits per heavy atom. The van der Waals surface area contributed by atoms with Crippen LogP contribution in [0.25, 0.3) is 16.8 Å². The Morgan fingerprint density at radius 3 is 2.38 bits per heavy atom. The molecule has 0 aliphatic heterocycles. The van der Waals surface area contributed by atoms with Gasteiger partial charge in [0, 0.05) is 33.6 Å². The second-order valence-electron chi connectivity index (χ2n) is 6.56. The molecule has 2 heterocycles. The Balaban J connectivity index is 1.85. The van der Waals surface area contributed by atoms with Gasteiger partial charge in [-0.25, -0.2) is 4.98 Å². The average Bonchev–Trinajstić information content (AvgIpc) is 2.98. The maximum absolute atomic E-state index is 6.38. The molecular formula is C21H19ClN4. The molecule has 0 aliphatic rings. The highest BCUT2D eigenvalue weighted by Crippen LogP contribution is 2.31. The first-order valence-electron chi connectivity index (χ1n) is 8.47. The molecule has 0 unspecified atom stereocenters. The lowest BCUT2D eigenvalue weighted by atomic mass is 10.1. The number of aromatic nitrogens is 3. The molecule has 0 atom stereocenters. The van der Waals surface area contributed by atoms with Gasteiger partial charge in [-0.15, -0.1) is 0 Å². The average molecular weight is 363 g/mol. The zero-order chi connectivity index (χ0) is 18.3. The van der Waals surface area contributed by atoms with Crippen LogP contribution >= 0.6 is 11.6 Å². The molecule has 0 radical (unpaired) electrons. The molecule has 0 bridgehead atoms. The molecule has 4 rings (SSSR count). The number of nitrogens with one attached hydrogen (secondary N) is 1. The van der Waals surface area contributed by atoms with Crippen LogP contribution in [0.1, 0.15) is 16.8 Å². The number of fused-ring (bicyclic) bond motifs is 1. The second-order valence-corrected chi connectivity index (χ2v) is 6.96. The summed E-state index contributed by atoms with van der Waals surface area (Å²) >= 11 is 6.38. The molecule has 5 heteroatoms. The Kier molecular flexibility index (Phi) is 4.13. The smallest absolute Gasteiger partial charge is 0.165 e. The Hall–Kier alpha value is -2.85. The third-order valence-electron chi connectivity index (χ3n) is 4.26. The van der Waals surface area contributed by atoms with E-state index >= 15 is 0 Å². The lowest BCUT2D eigenvalue weighted by Gasteiger charge is -2.11. The lowest BCUT2D eigenvalue weighted by molar-refractivity contribution is 0.937. The first kappa shape index (κ1) is 16.6. The van der Waals surface area contributed by atoms with Crippen LogP contribution < -0.4 is 5.32 Å². The molecule has 4 nitrogen and oxygen atoms in total. The fourth-order valence-electron chi connectivity index (χ4n) is 3.24. The quantitative estimate of drug-likeness (QED) is 0.507. The van der Waals surface area contributed by atoms with E-state index in [-0.39, 0.29) is 0 Å². The maximum Gasteiger partial charge on any atom is 0.165 e. The standard InChI is InChI=1S/C21H19ClN4/c1-13-8-14(2)10-16(9-13)25-20-11-15(3)24-21-18(12-23-26(20)21)17-6-4-5-7-19(17)22/h4-12,25H,1-3H3. The molecule has 0 aliphatic carbocycles. The molecule has 130 valence electrons. The van der Waals surface area contributed by atoms with Gasteiger partial charge in [-0.2, -0.15) is 9.61 Å². The van der Waals surface area contributed by atoms with Gasteiger partial charge in [0.05, 0.1) is 6.20 Å². The number of anilines is 2. The van der Waals surface area contributed by atoms with E-state index in [0.717, 1.165) is 34.0 Å². The van der Waals surface area contributed by atoms with E-state index in [2.05, 4.69) is 42.5 Å². The molecule has 1 N–H and O–H groups in total. The van der Waals surface area contributed by atoms with Crippen LogP contribution in [0.15, 0.2) is 54.7 Å². The first-order chi connectivity index (χ1) is 12.5. The van der Waals surface area contributed by atoms with Crippen molar-refractivity contribution in [2.24, 2.45) is 0 Å². The fourth-order valence-corrected chi connectivity index (χ4v) is 3.48. The van der Waals surface area contributed by atoms with Crippen molar-refractivity contribution in [3.8, 4) is 11.1 Å². The predicted molar refractivity (Wildman–Crippen MR) is 107 cm³/mol. The van der Waals surface area contributed by atoms with Crippen molar-refractivity contribution in [2.75, 3.05) is 5.32 Å². The van der Waals surface area contributed by atoms with Crippen molar-refractivity contribution in [2.45, 2.75) is 20.8 Å². The highest BCUT2D eigenvalue weighted by Gasteiger charge is 2.14. The Bertz CT molecular complexity index is 1090. The third kappa shape index (κ3) is 3.04. The van der Waals surface area contributed by atoms with Crippen molar-refractivity contribution in [3.63, 3.8) is 0 Å². The van der Waals surface area contributed by atoms with Gasteiger partial charge >= 0.3 is 0 Å². The lowest BCUT2D eigenvalue weighted by Crippen LogP contribution is -2.03. The van der Waals surface area contributed by atoms with Crippen molar-refractivity contribution < 1.29 is 0 Å². The van der Waals surface area contributed by atoms with Crippen LogP contribution in [0.5, 0.6) is 0 Å². The van der Waals surface area contributed by atoms with Crippen molar-refractivity contribution >= 4 is 28.8 Å². The van der Waals surface area contributed by atoms with Gasteiger partial charge in [0.2, 0.25) is 0 Å². The van der Waals surface area contributed by atoms with Crippen LogP contribution in [0.3, 0.4) is 0 Å². The first-order valence-corrected chi connectivity index (χ1v) is 8.84. The van der Waals surface area contributed by atoms with Crippen molar-refractivity contribution in [1.29, 1.82) is 0 Å². The summed E-state index contributed by atoms with van der Waals surface area (Å²) in [5.74, 6) is 0.871. The third-order valence-corrected chi connectivity index (χ3v) is 4.59. The summed E-state index contributed by atoms with van der Waals surface area (Å²) in [5, 5.41) is 8.72. The molecule has 0 spiro atoms. The summed E-state index contributed by atoms with van der Waals surface area (Å²) in [6.07, 6.45) is 1.82. The van der Waals surface area contributed by atoms with E-state index < -0.39 is 0 Å². The van der Waals surface area contributed by atoms with Crippen molar-refractivity contribution in [1.82, 2.24) is 14.6 Å². The summed E-state index contributed by atoms with van der Waals surface area (Å²) in [6.45, 7) is 6.17. The number of hydrogen-bond acceptors (Lipinski definition) is 3. The number of hydrogen-bond donors (Lipinski definition) is 1. The minimum Gasteiger partial charge on any atom is -0.340 e. The molecule has 2 aromatic carbocycles. The van der Waals surface area contributed by atoms with E-state index in [1.54, 1.807) is 0 Å². The van der Waals surface area contributed by atoms with Gasteiger partial charge in [0.25, 0.3) is 0 Å². The van der Waals surface area contributed by atoms with Gasteiger partial charge in [-0.1, -0.05) is 35.9 Å². The van der Waals surface area contributed by atoms with E-state index in [4.69, 9.17) is 16.6 Å². The summed E-state index contributed by atoms with van der Waals surface area (Å²) in [4.78, 5) is 4.69. The minimum atomic E-state index is 0.689. The molecule has 0 saturated heterocycles. The van der Waals surface area contributed by atoms with Crippen LogP contribution in [0, 0.1) is 20.8 Å². The maximum atomic E-state index is 6.38. The molecule has 26 heavy (non-hydrogen) atoms. The van der Waals surface area contributed by atoms with E-state index in [1.807, 2.05) is 48.0 Å². The highest BCUT2D eigenvalue weighted by molar-refractivity contribution is 6.33. The van der Waals surface area contributed by atoms with Crippen molar-refractivity contribution in [3.05, 3.63) is 76.6 Å². The van der Waals surface area contributed by atoms with Gasteiger partial charge in [-0.05, 0) is 50.1 Å². The number of aryl methyl sites for hydroxylation is 3. The van der Waals surface area contributed by atoms with E-state index in [0.29, 0.717) is 5.02 Å². The predicted octanol–water partition coefficient (Wildman–Crippen LogP) is 5.72. The van der Waals surface area contributed by atoms with Gasteiger partial charge < -0.3 is 5.32 Å².